The van der Waals surface area contributed by atoms with Crippen LogP contribution in [-0.4, -0.2) is 36.8 Å². The van der Waals surface area contributed by atoms with E-state index in [1.807, 2.05) is 6.92 Å². The fourth-order valence-corrected chi connectivity index (χ4v) is 4.55. The van der Waals surface area contributed by atoms with E-state index in [1.54, 1.807) is 18.2 Å². The molecular formula is C17H16N2O6S. The largest absolute Gasteiger partial charge is 0.468 e. The number of ether oxygens (including phenoxy) is 1. The summed E-state index contributed by atoms with van der Waals surface area (Å²) < 4.78 is 31.6. The number of methoxy groups -OCH3 is 1. The van der Waals surface area contributed by atoms with E-state index in [2.05, 4.69) is 0 Å². The molecule has 1 aliphatic heterocycles. The van der Waals surface area contributed by atoms with Crippen molar-refractivity contribution in [1.82, 2.24) is 4.31 Å². The first kappa shape index (κ1) is 18.0. The highest BCUT2D eigenvalue weighted by Crippen LogP contribution is 2.48. The van der Waals surface area contributed by atoms with Gasteiger partial charge in [-0.15, -0.1) is 0 Å². The van der Waals surface area contributed by atoms with Crippen LogP contribution in [0, 0.1) is 17.0 Å². The van der Waals surface area contributed by atoms with Crippen LogP contribution in [0.3, 0.4) is 0 Å². The van der Waals surface area contributed by atoms with Gasteiger partial charge in [-0.3, -0.25) is 14.9 Å². The molecule has 0 radical (unpaired) electrons. The molecule has 0 bridgehead atoms. The maximum atomic E-state index is 12.9. The highest BCUT2D eigenvalue weighted by molar-refractivity contribution is 7.89. The van der Waals surface area contributed by atoms with Crippen LogP contribution in [0.1, 0.15) is 17.2 Å². The molecule has 1 unspecified atom stereocenters. The summed E-state index contributed by atoms with van der Waals surface area (Å²) in [5.74, 6) is -0.711. The average Bonchev–Trinajstić information content (AvgIpc) is 3.38. The Kier molecular flexibility index (Phi) is 4.51. The molecule has 0 amide bonds. The van der Waals surface area contributed by atoms with Crippen molar-refractivity contribution in [3.8, 4) is 0 Å². The van der Waals surface area contributed by atoms with Crippen LogP contribution in [0.25, 0.3) is 0 Å². The van der Waals surface area contributed by atoms with Gasteiger partial charge in [0.25, 0.3) is 5.69 Å². The Morgan fingerprint density at radius 2 is 1.85 bits per heavy atom. The molecule has 1 aliphatic rings. The maximum Gasteiger partial charge on any atom is 0.326 e. The standard InChI is InChI=1S/C17H16N2O6S/c1-11-6-8-14(9-7-11)26(23,24)18-15(16(18)17(20)25-2)12-4-3-5-13(10-12)19(21)22/h3-10,15-16H,1-2H3/t15-,16-,18?/m0/s1. The van der Waals surface area contributed by atoms with Gasteiger partial charge in [-0.2, -0.15) is 4.31 Å². The Morgan fingerprint density at radius 3 is 2.42 bits per heavy atom. The van der Waals surface area contributed by atoms with Gasteiger partial charge in [0, 0.05) is 12.1 Å². The van der Waals surface area contributed by atoms with E-state index in [9.17, 15) is 23.3 Å². The van der Waals surface area contributed by atoms with Crippen LogP contribution < -0.4 is 0 Å². The topological polar surface area (TPSA) is 107 Å². The Balaban J connectivity index is 2.02. The van der Waals surface area contributed by atoms with E-state index >= 15 is 0 Å². The van der Waals surface area contributed by atoms with Crippen LogP contribution >= 0.6 is 0 Å². The maximum absolute atomic E-state index is 12.9. The number of hydrogen-bond donors (Lipinski definition) is 0. The molecule has 0 N–H and O–H groups in total. The molecule has 1 saturated heterocycles. The molecule has 0 saturated carbocycles. The Morgan fingerprint density at radius 1 is 1.19 bits per heavy atom. The SMILES string of the molecule is COC(=O)[C@@H]1[C@H](c2cccc([N+](=O)[O-])c2)N1S(=O)(=O)c1ccc(C)cc1. The summed E-state index contributed by atoms with van der Waals surface area (Å²) in [6, 6.07) is 9.93. The molecule has 1 fully saturated rings. The zero-order valence-corrected chi connectivity index (χ0v) is 14.8. The molecule has 0 aromatic heterocycles. The van der Waals surface area contributed by atoms with E-state index in [1.165, 1.54) is 37.4 Å². The van der Waals surface area contributed by atoms with Gasteiger partial charge in [-0.25, -0.2) is 8.42 Å². The molecule has 3 atom stereocenters. The third kappa shape index (κ3) is 3.06. The predicted molar refractivity (Wildman–Crippen MR) is 91.8 cm³/mol. The first-order valence-corrected chi connectivity index (χ1v) is 9.14. The normalized spacial score (nSPS) is 21.8. The van der Waals surface area contributed by atoms with Crippen molar-refractivity contribution in [3.63, 3.8) is 0 Å². The number of nitro groups is 1. The molecule has 2 aromatic rings. The number of rotatable bonds is 5. The molecule has 136 valence electrons. The van der Waals surface area contributed by atoms with Crippen molar-refractivity contribution in [2.24, 2.45) is 0 Å². The van der Waals surface area contributed by atoms with Gasteiger partial charge < -0.3 is 4.74 Å². The lowest BCUT2D eigenvalue weighted by molar-refractivity contribution is -0.384. The van der Waals surface area contributed by atoms with Crippen LogP contribution in [0.5, 0.6) is 0 Å². The van der Waals surface area contributed by atoms with Crippen molar-refractivity contribution >= 4 is 21.7 Å². The summed E-state index contributed by atoms with van der Waals surface area (Å²) in [6.45, 7) is 1.83. The lowest BCUT2D eigenvalue weighted by Gasteiger charge is -2.07. The van der Waals surface area contributed by atoms with E-state index in [-0.39, 0.29) is 10.6 Å². The second-order valence-corrected chi connectivity index (χ2v) is 7.76. The summed E-state index contributed by atoms with van der Waals surface area (Å²) in [5, 5.41) is 11.0. The van der Waals surface area contributed by atoms with E-state index in [0.29, 0.717) is 5.56 Å². The summed E-state index contributed by atoms with van der Waals surface area (Å²) in [5.41, 5.74) is 1.09. The molecule has 8 nitrogen and oxygen atoms in total. The van der Waals surface area contributed by atoms with Crippen LogP contribution in [0.2, 0.25) is 0 Å². The first-order valence-electron chi connectivity index (χ1n) is 7.70. The minimum atomic E-state index is -3.95. The number of nitro benzene ring substituents is 1. The number of hydrogen-bond acceptors (Lipinski definition) is 6. The average molecular weight is 376 g/mol. The van der Waals surface area contributed by atoms with Crippen molar-refractivity contribution in [2.75, 3.05) is 7.11 Å². The number of benzene rings is 2. The smallest absolute Gasteiger partial charge is 0.326 e. The van der Waals surface area contributed by atoms with Crippen LogP contribution in [0.15, 0.2) is 53.4 Å². The van der Waals surface area contributed by atoms with Gasteiger partial charge >= 0.3 is 5.97 Å². The zero-order chi connectivity index (χ0) is 19.1. The fourth-order valence-electron chi connectivity index (χ4n) is 2.85. The summed E-state index contributed by atoms with van der Waals surface area (Å²) >= 11 is 0. The van der Waals surface area contributed by atoms with Crippen LogP contribution in [0.4, 0.5) is 5.69 Å². The molecule has 0 aliphatic carbocycles. The fraction of sp³-hybridized carbons (Fsp3) is 0.235. The summed E-state index contributed by atoms with van der Waals surface area (Å²) in [4.78, 5) is 22.5. The highest BCUT2D eigenvalue weighted by atomic mass is 32.2. The zero-order valence-electron chi connectivity index (χ0n) is 14.0. The molecular weight excluding hydrogens is 360 g/mol. The number of non-ortho nitro benzene ring substituents is 1. The van der Waals surface area contributed by atoms with E-state index in [4.69, 9.17) is 4.74 Å². The quantitative estimate of drug-likeness (QED) is 0.343. The van der Waals surface area contributed by atoms with Gasteiger partial charge in [-0.1, -0.05) is 29.8 Å². The number of carbonyl (C=O) groups excluding carboxylic acids is 1. The van der Waals surface area contributed by atoms with Crippen molar-refractivity contribution in [2.45, 2.75) is 23.9 Å². The van der Waals surface area contributed by atoms with Gasteiger partial charge in [-0.05, 0) is 24.6 Å². The molecule has 0 spiro atoms. The third-order valence-electron chi connectivity index (χ3n) is 4.22. The predicted octanol–water partition coefficient (Wildman–Crippen LogP) is 2.19. The second kappa shape index (κ2) is 6.50. The molecule has 9 heteroatoms. The lowest BCUT2D eigenvalue weighted by Crippen LogP contribution is -2.20. The molecule has 2 aromatic carbocycles. The van der Waals surface area contributed by atoms with Gasteiger partial charge in [0.15, 0.2) is 0 Å². The van der Waals surface area contributed by atoms with E-state index in [0.717, 1.165) is 9.87 Å². The Bertz CT molecular complexity index is 971. The highest BCUT2D eigenvalue weighted by Gasteiger charge is 2.61. The lowest BCUT2D eigenvalue weighted by atomic mass is 10.1. The van der Waals surface area contributed by atoms with Gasteiger partial charge in [0.2, 0.25) is 10.0 Å². The molecule has 3 rings (SSSR count). The van der Waals surface area contributed by atoms with Crippen molar-refractivity contribution in [3.05, 3.63) is 69.8 Å². The van der Waals surface area contributed by atoms with Gasteiger partial charge in [0.05, 0.1) is 23.0 Å². The number of sulfonamides is 1. The second-order valence-electron chi connectivity index (χ2n) is 5.91. The number of aryl methyl sites for hydroxylation is 1. The minimum Gasteiger partial charge on any atom is -0.468 e. The van der Waals surface area contributed by atoms with Crippen molar-refractivity contribution < 1.29 is 22.9 Å². The van der Waals surface area contributed by atoms with Crippen LogP contribution in [-0.2, 0) is 19.6 Å². The first-order chi connectivity index (χ1) is 12.3. The monoisotopic (exact) mass is 376 g/mol. The number of esters is 1. The summed E-state index contributed by atoms with van der Waals surface area (Å²) in [6.07, 6.45) is 0. The van der Waals surface area contributed by atoms with Gasteiger partial charge in [0.1, 0.15) is 6.04 Å². The summed E-state index contributed by atoms with van der Waals surface area (Å²) in [7, 11) is -2.79. The molecule has 26 heavy (non-hydrogen) atoms. The third-order valence-corrected chi connectivity index (χ3v) is 6.10. The van der Waals surface area contributed by atoms with Crippen molar-refractivity contribution in [1.29, 1.82) is 0 Å². The number of nitrogens with zero attached hydrogens (tertiary/aromatic N) is 2. The van der Waals surface area contributed by atoms with E-state index < -0.39 is 33.0 Å². The number of carbonyl (C=O) groups is 1. The molecule has 1 heterocycles. The Labute approximate surface area is 150 Å². The minimum absolute atomic E-state index is 0.0462. The Hall–Kier alpha value is -2.78.